The quantitative estimate of drug-likeness (QED) is 0.754. The lowest BCUT2D eigenvalue weighted by atomic mass is 9.79. The molecular weight excluding hydrogens is 251 g/mol. The van der Waals surface area contributed by atoms with Crippen molar-refractivity contribution in [3.8, 4) is 0 Å². The van der Waals surface area contributed by atoms with Gasteiger partial charge in [-0.15, -0.1) is 0 Å². The molecule has 0 saturated heterocycles. The summed E-state index contributed by atoms with van der Waals surface area (Å²) in [6.45, 7) is 0. The molecule has 13 heavy (non-hydrogen) atoms. The summed E-state index contributed by atoms with van der Waals surface area (Å²) in [6.07, 6.45) is 1.64. The molecule has 1 fully saturated rings. The first-order valence-corrected chi connectivity index (χ1v) is 5.34. The monoisotopic (exact) mass is 258 g/mol. The van der Waals surface area contributed by atoms with Crippen LogP contribution in [-0.2, 0) is 4.79 Å². The number of benzene rings is 1. The molecule has 0 spiro atoms. The second kappa shape index (κ2) is 3.43. The number of carbonyl (C=O) groups excluding carboxylic acids is 1. The van der Waals surface area contributed by atoms with E-state index in [4.69, 9.17) is 11.6 Å². The van der Waals surface area contributed by atoms with Crippen LogP contribution in [0.15, 0.2) is 22.7 Å². The van der Waals surface area contributed by atoms with E-state index in [2.05, 4.69) is 15.9 Å². The van der Waals surface area contributed by atoms with E-state index in [1.807, 2.05) is 18.2 Å². The van der Waals surface area contributed by atoms with Gasteiger partial charge in [0, 0.05) is 16.8 Å². The molecule has 68 valence electrons. The molecule has 0 radical (unpaired) electrons. The standard InChI is InChI=1S/C10H8BrClO/c11-8-3-1-2-7(10(8)12)6-4-5-9(6)13/h1-3,6H,4-5H2. The second-order valence-electron chi connectivity index (χ2n) is 3.20. The molecular formula is C10H8BrClO. The van der Waals surface area contributed by atoms with Crippen molar-refractivity contribution in [3.63, 3.8) is 0 Å². The Morgan fingerprint density at radius 1 is 1.46 bits per heavy atom. The zero-order valence-electron chi connectivity index (χ0n) is 6.89. The first-order chi connectivity index (χ1) is 6.20. The fourth-order valence-electron chi connectivity index (χ4n) is 1.53. The Kier molecular flexibility index (Phi) is 2.43. The molecule has 1 unspecified atom stereocenters. The van der Waals surface area contributed by atoms with E-state index in [0.717, 1.165) is 16.5 Å². The van der Waals surface area contributed by atoms with Crippen molar-refractivity contribution in [2.24, 2.45) is 0 Å². The summed E-state index contributed by atoms with van der Waals surface area (Å²) in [5.74, 6) is 0.352. The van der Waals surface area contributed by atoms with E-state index in [1.165, 1.54) is 0 Å². The number of carbonyl (C=O) groups is 1. The maximum atomic E-state index is 11.2. The average Bonchev–Trinajstić information content (AvgIpc) is 2.10. The minimum absolute atomic E-state index is 0.0463. The van der Waals surface area contributed by atoms with E-state index in [1.54, 1.807) is 0 Å². The van der Waals surface area contributed by atoms with Gasteiger partial charge in [-0.25, -0.2) is 0 Å². The Labute approximate surface area is 90.2 Å². The van der Waals surface area contributed by atoms with Crippen LogP contribution in [0.5, 0.6) is 0 Å². The van der Waals surface area contributed by atoms with Crippen LogP contribution in [0.3, 0.4) is 0 Å². The van der Waals surface area contributed by atoms with Crippen LogP contribution in [0.4, 0.5) is 0 Å². The van der Waals surface area contributed by atoms with E-state index < -0.39 is 0 Å². The maximum absolute atomic E-state index is 11.2. The summed E-state index contributed by atoms with van der Waals surface area (Å²) >= 11 is 9.41. The number of rotatable bonds is 1. The Morgan fingerprint density at radius 3 is 2.77 bits per heavy atom. The van der Waals surface area contributed by atoms with Gasteiger partial charge in [-0.2, -0.15) is 0 Å². The van der Waals surface area contributed by atoms with Gasteiger partial charge >= 0.3 is 0 Å². The first-order valence-electron chi connectivity index (χ1n) is 4.17. The van der Waals surface area contributed by atoms with Gasteiger partial charge in [0.2, 0.25) is 0 Å². The summed E-state index contributed by atoms with van der Waals surface area (Å²) in [4.78, 5) is 11.2. The lowest BCUT2D eigenvalue weighted by Gasteiger charge is -2.25. The van der Waals surface area contributed by atoms with Crippen molar-refractivity contribution in [1.82, 2.24) is 0 Å². The van der Waals surface area contributed by atoms with E-state index >= 15 is 0 Å². The van der Waals surface area contributed by atoms with Gasteiger partial charge in [0.25, 0.3) is 0 Å². The normalized spacial score (nSPS) is 21.4. The molecule has 1 aliphatic carbocycles. The van der Waals surface area contributed by atoms with Crippen LogP contribution in [-0.4, -0.2) is 5.78 Å². The van der Waals surface area contributed by atoms with Gasteiger partial charge in [-0.1, -0.05) is 23.7 Å². The van der Waals surface area contributed by atoms with E-state index in [0.29, 0.717) is 17.2 Å². The highest BCUT2D eigenvalue weighted by Gasteiger charge is 2.31. The molecule has 2 rings (SSSR count). The highest BCUT2D eigenvalue weighted by molar-refractivity contribution is 9.10. The number of ketones is 1. The first kappa shape index (κ1) is 9.22. The van der Waals surface area contributed by atoms with Crippen LogP contribution >= 0.6 is 27.5 Å². The molecule has 1 atom stereocenters. The molecule has 1 nitrogen and oxygen atoms in total. The highest BCUT2D eigenvalue weighted by Crippen LogP contribution is 2.39. The average molecular weight is 260 g/mol. The Hall–Kier alpha value is -0.340. The zero-order chi connectivity index (χ0) is 9.42. The van der Waals surface area contributed by atoms with Crippen LogP contribution in [0.25, 0.3) is 0 Å². The van der Waals surface area contributed by atoms with Crippen LogP contribution in [0.2, 0.25) is 5.02 Å². The van der Waals surface area contributed by atoms with Crippen molar-refractivity contribution in [3.05, 3.63) is 33.3 Å². The molecule has 0 aromatic heterocycles. The van der Waals surface area contributed by atoms with Crippen molar-refractivity contribution < 1.29 is 4.79 Å². The topological polar surface area (TPSA) is 17.1 Å². The fraction of sp³-hybridized carbons (Fsp3) is 0.300. The van der Waals surface area contributed by atoms with Gasteiger partial charge < -0.3 is 0 Å². The van der Waals surface area contributed by atoms with Crippen LogP contribution in [0, 0.1) is 0 Å². The van der Waals surface area contributed by atoms with Gasteiger partial charge in [-0.05, 0) is 34.0 Å². The fourth-order valence-corrected chi connectivity index (χ4v) is 2.16. The largest absolute Gasteiger partial charge is 0.299 e. The Bertz CT molecular complexity index is 362. The number of halogens is 2. The van der Waals surface area contributed by atoms with Crippen molar-refractivity contribution >= 4 is 33.3 Å². The van der Waals surface area contributed by atoms with E-state index in [9.17, 15) is 4.79 Å². The predicted octanol–water partition coefficient (Wildman–Crippen LogP) is 3.55. The lowest BCUT2D eigenvalue weighted by molar-refractivity contribution is -0.125. The molecule has 1 aromatic rings. The van der Waals surface area contributed by atoms with Gasteiger partial charge in [-0.3, -0.25) is 4.79 Å². The van der Waals surface area contributed by atoms with Crippen LogP contribution in [0.1, 0.15) is 24.3 Å². The van der Waals surface area contributed by atoms with Crippen LogP contribution < -0.4 is 0 Å². The number of hydrogen-bond donors (Lipinski definition) is 0. The molecule has 0 N–H and O–H groups in total. The molecule has 1 saturated carbocycles. The third-order valence-corrected chi connectivity index (χ3v) is 3.74. The minimum atomic E-state index is 0.0463. The summed E-state index contributed by atoms with van der Waals surface area (Å²) in [5.41, 5.74) is 0.965. The lowest BCUT2D eigenvalue weighted by Crippen LogP contribution is -2.23. The molecule has 1 aromatic carbocycles. The SMILES string of the molecule is O=C1CCC1c1cccc(Br)c1Cl. The zero-order valence-corrected chi connectivity index (χ0v) is 9.23. The molecule has 0 amide bonds. The maximum Gasteiger partial charge on any atom is 0.140 e. The van der Waals surface area contributed by atoms with Crippen molar-refractivity contribution in [2.75, 3.05) is 0 Å². The molecule has 0 aliphatic heterocycles. The molecule has 1 aliphatic rings. The predicted molar refractivity (Wildman–Crippen MR) is 56.1 cm³/mol. The van der Waals surface area contributed by atoms with Gasteiger partial charge in [0.05, 0.1) is 5.02 Å². The summed E-state index contributed by atoms with van der Waals surface area (Å²) < 4.78 is 0.867. The second-order valence-corrected chi connectivity index (χ2v) is 4.43. The van der Waals surface area contributed by atoms with Gasteiger partial charge in [0.15, 0.2) is 0 Å². The third-order valence-electron chi connectivity index (χ3n) is 2.42. The summed E-state index contributed by atoms with van der Waals surface area (Å²) in [5, 5.41) is 0.681. The molecule has 3 heteroatoms. The highest BCUT2D eigenvalue weighted by atomic mass is 79.9. The smallest absolute Gasteiger partial charge is 0.140 e. The van der Waals surface area contributed by atoms with E-state index in [-0.39, 0.29) is 5.92 Å². The molecule has 0 heterocycles. The minimum Gasteiger partial charge on any atom is -0.299 e. The number of hydrogen-bond acceptors (Lipinski definition) is 1. The number of Topliss-reactive ketones (excluding diaryl/α,β-unsaturated/α-hetero) is 1. The van der Waals surface area contributed by atoms with Gasteiger partial charge in [0.1, 0.15) is 5.78 Å². The van der Waals surface area contributed by atoms with Crippen molar-refractivity contribution in [2.45, 2.75) is 18.8 Å². The summed E-state index contributed by atoms with van der Waals surface area (Å²) in [6, 6.07) is 5.72. The summed E-state index contributed by atoms with van der Waals surface area (Å²) in [7, 11) is 0. The third kappa shape index (κ3) is 1.53. The Balaban J connectivity index is 2.40. The Morgan fingerprint density at radius 2 is 2.23 bits per heavy atom. The van der Waals surface area contributed by atoms with Crippen molar-refractivity contribution in [1.29, 1.82) is 0 Å². The molecule has 0 bridgehead atoms.